The third-order valence-electron chi connectivity index (χ3n) is 6.59. The second kappa shape index (κ2) is 9.02. The topological polar surface area (TPSA) is 67.6 Å². The molecule has 5 rings (SSSR count). The Kier molecular flexibility index (Phi) is 5.91. The lowest BCUT2D eigenvalue weighted by Crippen LogP contribution is -2.44. The zero-order valence-corrected chi connectivity index (χ0v) is 19.8. The van der Waals surface area contributed by atoms with Crippen molar-refractivity contribution in [3.8, 4) is 22.8 Å². The number of hydrogen-bond acceptors (Lipinski definition) is 6. The van der Waals surface area contributed by atoms with Gasteiger partial charge in [-0.25, -0.2) is 4.39 Å². The van der Waals surface area contributed by atoms with Gasteiger partial charge in [-0.2, -0.15) is 14.6 Å². The molecule has 1 aliphatic heterocycles. The number of piperidine rings is 1. The number of benzene rings is 1. The molecule has 0 atom stereocenters. The lowest BCUT2D eigenvalue weighted by Gasteiger charge is -2.34. The Morgan fingerprint density at radius 2 is 1.91 bits per heavy atom. The van der Waals surface area contributed by atoms with E-state index >= 15 is 4.39 Å². The van der Waals surface area contributed by atoms with Gasteiger partial charge < -0.3 is 15.0 Å². The predicted octanol–water partition coefficient (Wildman–Crippen LogP) is 5.05. The Balaban J connectivity index is 1.53. The molecule has 0 bridgehead atoms. The molecule has 0 aliphatic carbocycles. The monoisotopic (exact) mass is 460 g/mol. The minimum absolute atomic E-state index is 0.200. The summed E-state index contributed by atoms with van der Waals surface area (Å²) < 4.78 is 23.2. The first kappa shape index (κ1) is 22.3. The minimum Gasteiger partial charge on any atom is -0.437 e. The van der Waals surface area contributed by atoms with Crippen molar-refractivity contribution < 1.29 is 9.13 Å². The summed E-state index contributed by atoms with van der Waals surface area (Å²) in [5.74, 6) is 1.61. The summed E-state index contributed by atoms with van der Waals surface area (Å²) in [7, 11) is 2.03. The molecule has 7 nitrogen and oxygen atoms in total. The zero-order chi connectivity index (χ0) is 23.7. The highest BCUT2D eigenvalue weighted by molar-refractivity contribution is 5.79. The number of likely N-dealkylation sites (tertiary alicyclic amines) is 1. The van der Waals surface area contributed by atoms with E-state index in [-0.39, 0.29) is 6.54 Å². The number of halogens is 1. The lowest BCUT2D eigenvalue weighted by atomic mass is 9.93. The molecule has 0 unspecified atom stereocenters. The summed E-state index contributed by atoms with van der Waals surface area (Å²) in [6.07, 6.45) is 6.11. The Morgan fingerprint density at radius 3 is 2.65 bits per heavy atom. The van der Waals surface area contributed by atoms with Crippen molar-refractivity contribution in [3.05, 3.63) is 66.1 Å². The van der Waals surface area contributed by atoms with Crippen LogP contribution in [0.5, 0.6) is 11.6 Å². The predicted molar refractivity (Wildman–Crippen MR) is 131 cm³/mol. The summed E-state index contributed by atoms with van der Waals surface area (Å²) in [6.45, 7) is 5.87. The van der Waals surface area contributed by atoms with Crippen LogP contribution in [0.3, 0.4) is 0 Å². The molecule has 8 heteroatoms. The molecule has 34 heavy (non-hydrogen) atoms. The van der Waals surface area contributed by atoms with Crippen LogP contribution in [0.25, 0.3) is 16.8 Å². The van der Waals surface area contributed by atoms with E-state index in [1.54, 1.807) is 35.2 Å². The number of aryl methyl sites for hydroxylation is 2. The molecular formula is C26H29FN6O. The molecule has 3 aromatic heterocycles. The largest absolute Gasteiger partial charge is 0.437 e. The summed E-state index contributed by atoms with van der Waals surface area (Å²) in [4.78, 5) is 11.0. The smallest absolute Gasteiger partial charge is 0.225 e. The van der Waals surface area contributed by atoms with Crippen molar-refractivity contribution in [2.75, 3.05) is 32.0 Å². The summed E-state index contributed by atoms with van der Waals surface area (Å²) in [5.41, 5.74) is 3.70. The van der Waals surface area contributed by atoms with Gasteiger partial charge in [-0.1, -0.05) is 18.2 Å². The third-order valence-corrected chi connectivity index (χ3v) is 6.59. The standard InChI is InChI=1S/C26H29FN6O/c1-18-6-7-20(13-19(18)2)22-16-30-33-23(29-17-26(27)8-11-32(3)12-9-26)14-24(31-25(22)33)34-21-5-4-10-28-15-21/h4-7,10,13-16,29H,8-9,11-12,17H2,1-3H3. The minimum atomic E-state index is -1.27. The van der Waals surface area contributed by atoms with Crippen LogP contribution in [0.1, 0.15) is 24.0 Å². The molecular weight excluding hydrogens is 431 g/mol. The van der Waals surface area contributed by atoms with Gasteiger partial charge in [-0.3, -0.25) is 4.98 Å². The number of ether oxygens (including phenoxy) is 1. The Bertz CT molecular complexity index is 1300. The van der Waals surface area contributed by atoms with Crippen LogP contribution in [0.4, 0.5) is 10.2 Å². The maximum absolute atomic E-state index is 15.5. The van der Waals surface area contributed by atoms with Crippen molar-refractivity contribution in [2.45, 2.75) is 32.4 Å². The molecule has 4 heterocycles. The van der Waals surface area contributed by atoms with Gasteiger partial charge in [0.05, 0.1) is 18.9 Å². The van der Waals surface area contributed by atoms with E-state index in [9.17, 15) is 0 Å². The molecule has 1 fully saturated rings. The molecule has 1 aromatic carbocycles. The molecule has 0 saturated carbocycles. The molecule has 4 aromatic rings. The van der Waals surface area contributed by atoms with Crippen LogP contribution in [0, 0.1) is 13.8 Å². The first-order valence-electron chi connectivity index (χ1n) is 11.6. The van der Waals surface area contributed by atoms with Crippen molar-refractivity contribution in [1.29, 1.82) is 0 Å². The average Bonchev–Trinajstić information content (AvgIpc) is 3.26. The molecule has 0 spiro atoms. The van der Waals surface area contributed by atoms with Gasteiger partial charge in [-0.05, 0) is 62.6 Å². The van der Waals surface area contributed by atoms with Crippen molar-refractivity contribution in [1.82, 2.24) is 24.5 Å². The van der Waals surface area contributed by atoms with Crippen molar-refractivity contribution >= 4 is 11.5 Å². The average molecular weight is 461 g/mol. The SMILES string of the molecule is Cc1ccc(-c2cnn3c(NCC4(F)CCN(C)CC4)cc(Oc4cccnc4)nc23)cc1C. The van der Waals surface area contributed by atoms with E-state index in [4.69, 9.17) is 9.72 Å². The Labute approximate surface area is 198 Å². The van der Waals surface area contributed by atoms with Crippen LogP contribution >= 0.6 is 0 Å². The normalized spacial score (nSPS) is 16.0. The summed E-state index contributed by atoms with van der Waals surface area (Å²) >= 11 is 0. The van der Waals surface area contributed by atoms with Crippen LogP contribution < -0.4 is 10.1 Å². The number of rotatable bonds is 6. The van der Waals surface area contributed by atoms with E-state index < -0.39 is 5.67 Å². The number of anilines is 1. The van der Waals surface area contributed by atoms with E-state index in [0.29, 0.717) is 35.9 Å². The summed E-state index contributed by atoms with van der Waals surface area (Å²) in [6, 6.07) is 11.7. The quantitative estimate of drug-likeness (QED) is 0.435. The Morgan fingerprint density at radius 1 is 1.09 bits per heavy atom. The number of nitrogens with one attached hydrogen (secondary N) is 1. The first-order chi connectivity index (χ1) is 16.4. The molecule has 1 saturated heterocycles. The molecule has 1 aliphatic rings. The molecule has 176 valence electrons. The van der Waals surface area contributed by atoms with Gasteiger partial charge in [0, 0.05) is 30.9 Å². The molecule has 1 N–H and O–H groups in total. The number of pyridine rings is 1. The van der Waals surface area contributed by atoms with Crippen LogP contribution in [-0.4, -0.2) is 56.8 Å². The number of nitrogens with zero attached hydrogens (tertiary/aromatic N) is 5. The van der Waals surface area contributed by atoms with Gasteiger partial charge in [0.2, 0.25) is 5.88 Å². The zero-order valence-electron chi connectivity index (χ0n) is 19.8. The Hall–Kier alpha value is -3.52. The maximum Gasteiger partial charge on any atom is 0.225 e. The third kappa shape index (κ3) is 4.59. The fraction of sp³-hybridized carbons (Fsp3) is 0.346. The van der Waals surface area contributed by atoms with Gasteiger partial charge in [-0.15, -0.1) is 0 Å². The van der Waals surface area contributed by atoms with Gasteiger partial charge >= 0.3 is 0 Å². The number of alkyl halides is 1. The first-order valence-corrected chi connectivity index (χ1v) is 11.6. The van der Waals surface area contributed by atoms with E-state index in [2.05, 4.69) is 52.3 Å². The highest BCUT2D eigenvalue weighted by atomic mass is 19.1. The van der Waals surface area contributed by atoms with Gasteiger partial charge in [0.25, 0.3) is 0 Å². The van der Waals surface area contributed by atoms with Gasteiger partial charge in [0.1, 0.15) is 17.2 Å². The summed E-state index contributed by atoms with van der Waals surface area (Å²) in [5, 5.41) is 7.88. The maximum atomic E-state index is 15.5. The van der Waals surface area contributed by atoms with Crippen molar-refractivity contribution in [3.63, 3.8) is 0 Å². The van der Waals surface area contributed by atoms with E-state index in [0.717, 1.165) is 24.2 Å². The fourth-order valence-electron chi connectivity index (χ4n) is 4.20. The van der Waals surface area contributed by atoms with Crippen LogP contribution in [0.2, 0.25) is 0 Å². The highest BCUT2D eigenvalue weighted by Gasteiger charge is 2.33. The molecule has 0 amide bonds. The lowest BCUT2D eigenvalue weighted by molar-refractivity contribution is 0.0811. The highest BCUT2D eigenvalue weighted by Crippen LogP contribution is 2.32. The fourth-order valence-corrected chi connectivity index (χ4v) is 4.20. The van der Waals surface area contributed by atoms with E-state index in [1.807, 2.05) is 13.1 Å². The van der Waals surface area contributed by atoms with Crippen molar-refractivity contribution in [2.24, 2.45) is 0 Å². The van der Waals surface area contributed by atoms with Crippen LogP contribution in [0.15, 0.2) is 55.0 Å². The van der Waals surface area contributed by atoms with Gasteiger partial charge in [0.15, 0.2) is 5.65 Å². The van der Waals surface area contributed by atoms with Crippen LogP contribution in [-0.2, 0) is 0 Å². The van der Waals surface area contributed by atoms with E-state index in [1.165, 1.54) is 11.1 Å². The number of aromatic nitrogens is 4. The molecule has 0 radical (unpaired) electrons. The number of hydrogen-bond donors (Lipinski definition) is 1. The second-order valence-corrected chi connectivity index (χ2v) is 9.17. The number of fused-ring (bicyclic) bond motifs is 1. The second-order valence-electron chi connectivity index (χ2n) is 9.17.